The van der Waals surface area contributed by atoms with Crippen LogP contribution in [0, 0.1) is 0 Å². The van der Waals surface area contributed by atoms with E-state index in [4.69, 9.17) is 0 Å². The zero-order chi connectivity index (χ0) is 40.6. The summed E-state index contributed by atoms with van der Waals surface area (Å²) in [4.78, 5) is 2.54. The molecule has 0 amide bonds. The number of anilines is 3. The van der Waals surface area contributed by atoms with E-state index in [-0.39, 0.29) is 10.8 Å². The van der Waals surface area contributed by atoms with Crippen molar-refractivity contribution in [2.75, 3.05) is 4.90 Å². The molecule has 0 heterocycles. The van der Waals surface area contributed by atoms with Crippen molar-refractivity contribution in [3.8, 4) is 22.3 Å². The van der Waals surface area contributed by atoms with Gasteiger partial charge in [-0.05, 0) is 132 Å². The molecule has 0 unspecified atom stereocenters. The molecule has 2 aliphatic carbocycles. The van der Waals surface area contributed by atoms with Gasteiger partial charge in [0, 0.05) is 16.9 Å². The lowest BCUT2D eigenvalue weighted by Crippen LogP contribution is -2.34. The lowest BCUT2D eigenvalue weighted by molar-refractivity contribution is 0.333. The Hall–Kier alpha value is -6.70. The van der Waals surface area contributed by atoms with Gasteiger partial charge in [-0.2, -0.15) is 0 Å². The molecule has 0 N–H and O–H groups in total. The zero-order valence-corrected chi connectivity index (χ0v) is 34.9. The summed E-state index contributed by atoms with van der Waals surface area (Å²) in [5, 5.41) is 5.03. The van der Waals surface area contributed by atoms with Gasteiger partial charge in [0.25, 0.3) is 0 Å². The summed E-state index contributed by atoms with van der Waals surface area (Å²) in [6, 6.07) is 75.2. The van der Waals surface area contributed by atoms with Crippen LogP contribution in [0.25, 0.3) is 43.8 Å². The third-order valence-corrected chi connectivity index (χ3v) is 14.0. The fraction of sp³-hybridized carbons (Fsp3) is 0.153. The molecule has 0 atom stereocenters. The highest BCUT2D eigenvalue weighted by atomic mass is 15.1. The summed E-state index contributed by atoms with van der Waals surface area (Å²) >= 11 is 0. The number of benzene rings is 9. The van der Waals surface area contributed by atoms with Gasteiger partial charge >= 0.3 is 0 Å². The largest absolute Gasteiger partial charge is 0.310 e. The van der Waals surface area contributed by atoms with E-state index in [1.165, 1.54) is 89.3 Å². The smallest absolute Gasteiger partial charge is 0.0714 e. The first-order chi connectivity index (χ1) is 29.3. The summed E-state index contributed by atoms with van der Waals surface area (Å²) in [5.74, 6) is 0. The second-order valence-electron chi connectivity index (χ2n) is 18.3. The molecular formula is C59H49N. The van der Waals surface area contributed by atoms with Crippen LogP contribution < -0.4 is 4.90 Å². The summed E-state index contributed by atoms with van der Waals surface area (Å²) in [6.07, 6.45) is 2.30. The van der Waals surface area contributed by atoms with Crippen LogP contribution in [0.5, 0.6) is 0 Å². The lowest BCUT2D eigenvalue weighted by Gasteiger charge is -2.43. The predicted molar refractivity (Wildman–Crippen MR) is 254 cm³/mol. The van der Waals surface area contributed by atoms with Gasteiger partial charge in [-0.1, -0.05) is 191 Å². The molecule has 0 radical (unpaired) electrons. The van der Waals surface area contributed by atoms with Crippen molar-refractivity contribution in [3.63, 3.8) is 0 Å². The number of hydrogen-bond acceptors (Lipinski definition) is 1. The van der Waals surface area contributed by atoms with Gasteiger partial charge in [0.2, 0.25) is 0 Å². The Morgan fingerprint density at radius 2 is 0.950 bits per heavy atom. The molecule has 0 saturated heterocycles. The van der Waals surface area contributed by atoms with Gasteiger partial charge in [-0.3, -0.25) is 0 Å². The maximum Gasteiger partial charge on any atom is 0.0714 e. The third-order valence-electron chi connectivity index (χ3n) is 14.0. The van der Waals surface area contributed by atoms with Crippen LogP contribution in [0.15, 0.2) is 200 Å². The van der Waals surface area contributed by atoms with E-state index in [9.17, 15) is 0 Å². The highest BCUT2D eigenvalue weighted by molar-refractivity contribution is 6.09. The molecule has 0 fully saturated rings. The predicted octanol–water partition coefficient (Wildman–Crippen LogP) is 15.8. The van der Waals surface area contributed by atoms with Crippen molar-refractivity contribution >= 4 is 38.6 Å². The first-order valence-corrected chi connectivity index (χ1v) is 21.6. The van der Waals surface area contributed by atoms with E-state index in [0.717, 1.165) is 17.8 Å². The van der Waals surface area contributed by atoms with Crippen LogP contribution in [0.1, 0.15) is 73.9 Å². The van der Waals surface area contributed by atoms with Crippen LogP contribution in [0.3, 0.4) is 0 Å². The lowest BCUT2D eigenvalue weighted by atomic mass is 9.61. The minimum absolute atomic E-state index is 0.00490. The molecule has 1 heteroatoms. The fourth-order valence-electron chi connectivity index (χ4n) is 11.0. The van der Waals surface area contributed by atoms with Crippen molar-refractivity contribution in [1.29, 1.82) is 0 Å². The number of para-hydroxylation sites is 1. The van der Waals surface area contributed by atoms with E-state index in [1.54, 1.807) is 0 Å². The normalized spacial score (nSPS) is 15.6. The second kappa shape index (κ2) is 13.7. The Labute approximate surface area is 354 Å². The van der Waals surface area contributed by atoms with Crippen LogP contribution in [-0.2, 0) is 16.2 Å². The van der Waals surface area contributed by atoms with Gasteiger partial charge < -0.3 is 4.90 Å². The molecule has 2 aliphatic rings. The summed E-state index contributed by atoms with van der Waals surface area (Å²) in [5.41, 5.74) is 16.2. The summed E-state index contributed by atoms with van der Waals surface area (Å²) < 4.78 is 0. The molecule has 9 aromatic carbocycles. The quantitative estimate of drug-likeness (QED) is 0.152. The summed E-state index contributed by atoms with van der Waals surface area (Å²) in [6.45, 7) is 9.80. The first-order valence-electron chi connectivity index (χ1n) is 21.6. The third kappa shape index (κ3) is 5.45. The number of hydrogen-bond donors (Lipinski definition) is 0. The number of nitrogens with zero attached hydrogens (tertiary/aromatic N) is 1. The van der Waals surface area contributed by atoms with Crippen LogP contribution >= 0.6 is 0 Å². The van der Waals surface area contributed by atoms with Crippen LogP contribution in [-0.4, -0.2) is 0 Å². The van der Waals surface area contributed by atoms with Crippen molar-refractivity contribution < 1.29 is 0 Å². The molecule has 0 bridgehead atoms. The standard InChI is InChI=1S/C59H49N/c1-57(2)35-36-58(3,4)56-49(28-18-30-53(56)57)51-38-50-48-27-16-17-29-52(48)59(42-20-8-5-9-21-42,43-22-10-6-11-23-43)54(50)39-55(51)60(44-24-12-7-13-25-44)45-33-34-47-41(37-45)32-31-40-19-14-15-26-46(40)47/h5-34,37-39H,35-36H2,1-4H3. The Kier molecular flexibility index (Phi) is 8.30. The van der Waals surface area contributed by atoms with E-state index >= 15 is 0 Å². The number of rotatable bonds is 6. The Bertz CT molecular complexity index is 3040. The van der Waals surface area contributed by atoms with Gasteiger partial charge in [0.1, 0.15) is 0 Å². The van der Waals surface area contributed by atoms with Crippen molar-refractivity contribution in [2.45, 2.75) is 56.8 Å². The Morgan fingerprint density at radius 3 is 1.70 bits per heavy atom. The SMILES string of the molecule is CC1(C)CCC(C)(C)c2c(-c3cc4c(cc3N(c3ccccc3)c3ccc5c(ccc6ccccc65)c3)C(c3ccccc3)(c3ccccc3)c3ccccc3-4)cccc21. The Balaban J connectivity index is 1.29. The van der Waals surface area contributed by atoms with Crippen molar-refractivity contribution in [2.24, 2.45) is 0 Å². The zero-order valence-electron chi connectivity index (χ0n) is 34.9. The molecule has 0 spiro atoms. The molecule has 11 rings (SSSR count). The average Bonchev–Trinajstić information content (AvgIpc) is 3.58. The van der Waals surface area contributed by atoms with E-state index in [0.29, 0.717) is 0 Å². The fourth-order valence-corrected chi connectivity index (χ4v) is 11.0. The molecule has 9 aromatic rings. The molecule has 0 saturated carbocycles. The van der Waals surface area contributed by atoms with Crippen LogP contribution in [0.4, 0.5) is 17.1 Å². The van der Waals surface area contributed by atoms with E-state index in [1.807, 2.05) is 0 Å². The highest BCUT2D eigenvalue weighted by Crippen LogP contribution is 2.60. The summed E-state index contributed by atoms with van der Waals surface area (Å²) in [7, 11) is 0. The minimum Gasteiger partial charge on any atom is -0.310 e. The monoisotopic (exact) mass is 771 g/mol. The highest BCUT2D eigenvalue weighted by Gasteiger charge is 2.47. The maximum absolute atomic E-state index is 2.57. The van der Waals surface area contributed by atoms with Crippen LogP contribution in [0.2, 0.25) is 0 Å². The minimum atomic E-state index is -0.538. The molecule has 0 aliphatic heterocycles. The molecular weight excluding hydrogens is 723 g/mol. The van der Waals surface area contributed by atoms with Gasteiger partial charge in [0.15, 0.2) is 0 Å². The first kappa shape index (κ1) is 36.4. The topological polar surface area (TPSA) is 3.24 Å². The van der Waals surface area contributed by atoms with Crippen molar-refractivity contribution in [1.82, 2.24) is 0 Å². The maximum atomic E-state index is 2.57. The van der Waals surface area contributed by atoms with Gasteiger partial charge in [-0.25, -0.2) is 0 Å². The van der Waals surface area contributed by atoms with Gasteiger partial charge in [-0.15, -0.1) is 0 Å². The molecule has 1 nitrogen and oxygen atoms in total. The Morgan fingerprint density at radius 1 is 0.367 bits per heavy atom. The molecule has 0 aromatic heterocycles. The van der Waals surface area contributed by atoms with E-state index < -0.39 is 5.41 Å². The van der Waals surface area contributed by atoms with Gasteiger partial charge in [0.05, 0.1) is 11.1 Å². The van der Waals surface area contributed by atoms with E-state index in [2.05, 4.69) is 233 Å². The molecule has 60 heavy (non-hydrogen) atoms. The molecule has 290 valence electrons. The second-order valence-corrected chi connectivity index (χ2v) is 18.3. The number of fused-ring (bicyclic) bond motifs is 7. The van der Waals surface area contributed by atoms with Crippen molar-refractivity contribution in [3.05, 3.63) is 234 Å². The average molecular weight is 772 g/mol.